The predicted molar refractivity (Wildman–Crippen MR) is 106 cm³/mol. The van der Waals surface area contributed by atoms with E-state index >= 15 is 0 Å². The number of carbonyl (C=O) groups excluding carboxylic acids is 1. The second kappa shape index (κ2) is 6.97. The molecule has 1 aliphatic heterocycles. The summed E-state index contributed by atoms with van der Waals surface area (Å²) >= 11 is 2.58. The Morgan fingerprint density at radius 3 is 2.44 bits per heavy atom. The number of benzene rings is 1. The van der Waals surface area contributed by atoms with E-state index in [4.69, 9.17) is 0 Å². The summed E-state index contributed by atoms with van der Waals surface area (Å²) in [5.41, 5.74) is 0. The van der Waals surface area contributed by atoms with Gasteiger partial charge in [0.05, 0.1) is 4.88 Å². The molecule has 0 bridgehead atoms. The van der Waals surface area contributed by atoms with E-state index < -0.39 is 10.0 Å². The zero-order chi connectivity index (χ0) is 19.2. The average molecular weight is 425 g/mol. The first-order chi connectivity index (χ1) is 12.8. The van der Waals surface area contributed by atoms with Crippen molar-refractivity contribution in [2.24, 2.45) is 0 Å². The second-order valence-electron chi connectivity index (χ2n) is 6.35. The number of hydrogen-bond acceptors (Lipinski definition) is 5. The third kappa shape index (κ3) is 3.52. The summed E-state index contributed by atoms with van der Waals surface area (Å²) in [7, 11) is -3.51. The van der Waals surface area contributed by atoms with Gasteiger partial charge in [-0.05, 0) is 48.7 Å². The van der Waals surface area contributed by atoms with Crippen molar-refractivity contribution in [3.05, 3.63) is 52.0 Å². The first-order valence-electron chi connectivity index (χ1n) is 8.39. The van der Waals surface area contributed by atoms with Gasteiger partial charge in [0.1, 0.15) is 10.0 Å². The van der Waals surface area contributed by atoms with Crippen LogP contribution in [0.5, 0.6) is 0 Å². The number of piperazine rings is 1. The number of aryl methyl sites for hydroxylation is 1. The molecule has 0 aliphatic carbocycles. The Balaban J connectivity index is 1.47. The van der Waals surface area contributed by atoms with E-state index in [9.17, 15) is 17.6 Å². The number of amides is 1. The highest BCUT2D eigenvalue weighted by atomic mass is 32.2. The van der Waals surface area contributed by atoms with Crippen molar-refractivity contribution < 1.29 is 17.6 Å². The summed E-state index contributed by atoms with van der Waals surface area (Å²) in [5.74, 6) is -0.470. The maximum absolute atomic E-state index is 13.3. The Labute approximate surface area is 164 Å². The first-order valence-corrected chi connectivity index (χ1v) is 11.5. The van der Waals surface area contributed by atoms with Gasteiger partial charge in [0, 0.05) is 35.8 Å². The summed E-state index contributed by atoms with van der Waals surface area (Å²) in [6.07, 6.45) is 0. The average Bonchev–Trinajstić information content (AvgIpc) is 3.27. The standard InChI is InChI=1S/C18H17FN2O3S3/c1-12-2-5-17(25-12)27(23,24)21-8-6-20(7-9-21)18(22)16-11-13-10-14(19)3-4-15(13)26-16/h2-5,10-11H,6-9H2,1H3. The number of rotatable bonds is 3. The molecule has 4 rings (SSSR count). The van der Waals surface area contributed by atoms with Crippen LogP contribution < -0.4 is 0 Å². The number of fused-ring (bicyclic) bond motifs is 1. The van der Waals surface area contributed by atoms with Crippen molar-refractivity contribution in [1.82, 2.24) is 9.21 Å². The van der Waals surface area contributed by atoms with E-state index in [0.29, 0.717) is 27.6 Å². The summed E-state index contributed by atoms with van der Waals surface area (Å²) in [6, 6.07) is 9.58. The number of sulfonamides is 1. The fourth-order valence-corrected chi connectivity index (χ4v) is 6.96. The van der Waals surface area contributed by atoms with Crippen LogP contribution in [0, 0.1) is 12.7 Å². The fraction of sp³-hybridized carbons (Fsp3) is 0.278. The van der Waals surface area contributed by atoms with Crippen LogP contribution in [0.3, 0.4) is 0 Å². The zero-order valence-corrected chi connectivity index (χ0v) is 17.0. The van der Waals surface area contributed by atoms with E-state index in [1.54, 1.807) is 29.2 Å². The number of hydrogen-bond donors (Lipinski definition) is 0. The van der Waals surface area contributed by atoms with Crippen LogP contribution in [-0.4, -0.2) is 49.7 Å². The molecule has 3 aromatic rings. The Morgan fingerprint density at radius 2 is 1.78 bits per heavy atom. The third-order valence-corrected chi connectivity index (χ3v) is 9.00. The van der Waals surface area contributed by atoms with Gasteiger partial charge in [-0.3, -0.25) is 4.79 Å². The van der Waals surface area contributed by atoms with Crippen LogP contribution in [0.25, 0.3) is 10.1 Å². The number of nitrogens with zero attached hydrogens (tertiary/aromatic N) is 2. The molecule has 2 aromatic heterocycles. The molecular formula is C18H17FN2O3S3. The van der Waals surface area contributed by atoms with Crippen molar-refractivity contribution in [3.8, 4) is 0 Å². The molecule has 0 unspecified atom stereocenters. The molecule has 0 radical (unpaired) electrons. The monoisotopic (exact) mass is 424 g/mol. The van der Waals surface area contributed by atoms with Crippen LogP contribution in [0.1, 0.15) is 14.5 Å². The molecule has 1 amide bonds. The lowest BCUT2D eigenvalue weighted by Gasteiger charge is -2.33. The highest BCUT2D eigenvalue weighted by Crippen LogP contribution is 2.29. The highest BCUT2D eigenvalue weighted by molar-refractivity contribution is 7.91. The quantitative estimate of drug-likeness (QED) is 0.646. The lowest BCUT2D eigenvalue weighted by atomic mass is 10.2. The van der Waals surface area contributed by atoms with Crippen LogP contribution >= 0.6 is 22.7 Å². The SMILES string of the molecule is Cc1ccc(S(=O)(=O)N2CCN(C(=O)c3cc4cc(F)ccc4s3)CC2)s1. The molecule has 9 heteroatoms. The minimum Gasteiger partial charge on any atom is -0.335 e. The van der Waals surface area contributed by atoms with E-state index in [-0.39, 0.29) is 24.8 Å². The summed E-state index contributed by atoms with van der Waals surface area (Å²) in [5, 5.41) is 0.706. The van der Waals surface area contributed by atoms with Crippen LogP contribution in [0.4, 0.5) is 4.39 Å². The molecule has 27 heavy (non-hydrogen) atoms. The lowest BCUT2D eigenvalue weighted by molar-refractivity contribution is 0.0703. The molecule has 142 valence electrons. The van der Waals surface area contributed by atoms with Crippen molar-refractivity contribution in [2.75, 3.05) is 26.2 Å². The van der Waals surface area contributed by atoms with Gasteiger partial charge in [0.2, 0.25) is 0 Å². The fourth-order valence-electron chi connectivity index (χ4n) is 3.08. The summed E-state index contributed by atoms with van der Waals surface area (Å²) in [4.78, 5) is 15.9. The Hall–Kier alpha value is -1.81. The first kappa shape index (κ1) is 18.5. The van der Waals surface area contributed by atoms with Gasteiger partial charge >= 0.3 is 0 Å². The number of halogens is 1. The van der Waals surface area contributed by atoms with E-state index in [2.05, 4.69) is 0 Å². The molecular weight excluding hydrogens is 407 g/mol. The van der Waals surface area contributed by atoms with E-state index in [1.807, 2.05) is 6.92 Å². The molecule has 0 N–H and O–H groups in total. The van der Waals surface area contributed by atoms with Crippen LogP contribution in [0.2, 0.25) is 0 Å². The van der Waals surface area contributed by atoms with Crippen molar-refractivity contribution in [2.45, 2.75) is 11.1 Å². The molecule has 1 fully saturated rings. The Bertz CT molecular complexity index is 1110. The van der Waals surface area contributed by atoms with Gasteiger partial charge in [-0.15, -0.1) is 22.7 Å². The van der Waals surface area contributed by atoms with Gasteiger partial charge < -0.3 is 4.90 Å². The molecule has 1 saturated heterocycles. The molecule has 0 spiro atoms. The van der Waals surface area contributed by atoms with Gasteiger partial charge in [-0.25, -0.2) is 12.8 Å². The molecule has 0 saturated carbocycles. The lowest BCUT2D eigenvalue weighted by Crippen LogP contribution is -2.50. The van der Waals surface area contributed by atoms with Crippen LogP contribution in [-0.2, 0) is 10.0 Å². The summed E-state index contributed by atoms with van der Waals surface area (Å²) in [6.45, 7) is 3.09. The van der Waals surface area contributed by atoms with Gasteiger partial charge in [-0.1, -0.05) is 0 Å². The molecule has 0 atom stereocenters. The van der Waals surface area contributed by atoms with Gasteiger partial charge in [-0.2, -0.15) is 4.31 Å². The zero-order valence-electron chi connectivity index (χ0n) is 14.5. The van der Waals surface area contributed by atoms with Gasteiger partial charge in [0.15, 0.2) is 0 Å². The third-order valence-electron chi connectivity index (χ3n) is 4.52. The maximum Gasteiger partial charge on any atom is 0.264 e. The van der Waals surface area contributed by atoms with Crippen molar-refractivity contribution in [3.63, 3.8) is 0 Å². The number of thiophene rings is 2. The highest BCUT2D eigenvalue weighted by Gasteiger charge is 2.31. The normalized spacial score (nSPS) is 16.1. The minimum absolute atomic E-state index is 0.138. The smallest absolute Gasteiger partial charge is 0.264 e. The topological polar surface area (TPSA) is 57.7 Å². The maximum atomic E-state index is 13.3. The molecule has 5 nitrogen and oxygen atoms in total. The molecule has 1 aromatic carbocycles. The molecule has 3 heterocycles. The van der Waals surface area contributed by atoms with Gasteiger partial charge in [0.25, 0.3) is 15.9 Å². The van der Waals surface area contributed by atoms with Crippen molar-refractivity contribution in [1.29, 1.82) is 0 Å². The van der Waals surface area contributed by atoms with Crippen LogP contribution in [0.15, 0.2) is 40.6 Å². The van der Waals surface area contributed by atoms with Crippen molar-refractivity contribution >= 4 is 48.7 Å². The molecule has 1 aliphatic rings. The van der Waals surface area contributed by atoms with E-state index in [1.165, 1.54) is 39.1 Å². The Kier molecular flexibility index (Phi) is 4.79. The summed E-state index contributed by atoms with van der Waals surface area (Å²) < 4.78 is 41.4. The second-order valence-corrected chi connectivity index (χ2v) is 10.9. The predicted octanol–water partition coefficient (Wildman–Crippen LogP) is 3.56. The largest absolute Gasteiger partial charge is 0.335 e. The number of carbonyl (C=O) groups is 1. The minimum atomic E-state index is -3.51. The Morgan fingerprint density at radius 1 is 1.04 bits per heavy atom. The van der Waals surface area contributed by atoms with E-state index in [0.717, 1.165) is 9.58 Å².